The fraction of sp³-hybridized carbons (Fsp3) is 0.471. The molecule has 1 aromatic carbocycles. The molecule has 1 heterocycles. The number of carbonyl (C=O) groups is 1. The van der Waals surface area contributed by atoms with E-state index >= 15 is 0 Å². The number of para-hydroxylation sites is 1. The number of anilines is 1. The molecular formula is C17H23N3O2. The van der Waals surface area contributed by atoms with Crippen LogP contribution in [0.3, 0.4) is 0 Å². The number of aryl methyl sites for hydroxylation is 1. The van der Waals surface area contributed by atoms with Crippen LogP contribution < -0.4 is 5.32 Å². The Morgan fingerprint density at radius 1 is 1.27 bits per heavy atom. The molecule has 0 unspecified atom stereocenters. The van der Waals surface area contributed by atoms with Gasteiger partial charge in [-0.25, -0.2) is 14.8 Å². The van der Waals surface area contributed by atoms with Crippen molar-refractivity contribution in [2.75, 3.05) is 5.32 Å². The lowest BCUT2D eigenvalue weighted by Gasteiger charge is -2.22. The maximum absolute atomic E-state index is 11.5. The number of aromatic nitrogens is 2. The number of rotatable bonds is 5. The molecule has 22 heavy (non-hydrogen) atoms. The SMILES string of the molecule is Cc1nc(N[C@@H](CCC(C)(C)C)C(=O)O)c2ccccc2n1. The van der Waals surface area contributed by atoms with Crippen LogP contribution in [0.4, 0.5) is 5.82 Å². The highest BCUT2D eigenvalue weighted by atomic mass is 16.4. The van der Waals surface area contributed by atoms with Crippen molar-refractivity contribution in [3.05, 3.63) is 30.1 Å². The minimum atomic E-state index is -0.857. The normalized spacial score (nSPS) is 13.1. The smallest absolute Gasteiger partial charge is 0.326 e. The van der Waals surface area contributed by atoms with E-state index in [9.17, 15) is 9.90 Å². The van der Waals surface area contributed by atoms with Gasteiger partial charge in [-0.3, -0.25) is 0 Å². The van der Waals surface area contributed by atoms with Gasteiger partial charge in [0, 0.05) is 5.39 Å². The van der Waals surface area contributed by atoms with Crippen LogP contribution in [0.5, 0.6) is 0 Å². The molecule has 2 N–H and O–H groups in total. The summed E-state index contributed by atoms with van der Waals surface area (Å²) < 4.78 is 0. The molecule has 2 aromatic rings. The Morgan fingerprint density at radius 3 is 2.59 bits per heavy atom. The van der Waals surface area contributed by atoms with Crippen LogP contribution in [0, 0.1) is 12.3 Å². The average molecular weight is 301 g/mol. The minimum absolute atomic E-state index is 0.0963. The summed E-state index contributed by atoms with van der Waals surface area (Å²) >= 11 is 0. The molecular weight excluding hydrogens is 278 g/mol. The predicted octanol–water partition coefficient (Wildman–Crippen LogP) is 3.63. The summed E-state index contributed by atoms with van der Waals surface area (Å²) in [5.41, 5.74) is 0.913. The van der Waals surface area contributed by atoms with Gasteiger partial charge in [-0.05, 0) is 37.3 Å². The summed E-state index contributed by atoms with van der Waals surface area (Å²) in [5.74, 6) is 0.357. The molecule has 0 aliphatic rings. The van der Waals surface area contributed by atoms with E-state index in [0.29, 0.717) is 18.1 Å². The molecule has 5 heteroatoms. The fourth-order valence-electron chi connectivity index (χ4n) is 2.30. The highest BCUT2D eigenvalue weighted by molar-refractivity contribution is 5.90. The molecule has 0 fully saturated rings. The molecule has 0 radical (unpaired) electrons. The standard InChI is InChI=1S/C17H23N3O2/c1-11-18-13-8-6-5-7-12(13)15(19-11)20-14(16(21)22)9-10-17(2,3)4/h5-8,14H,9-10H2,1-4H3,(H,21,22)(H,18,19,20)/t14-/m0/s1. The quantitative estimate of drug-likeness (QED) is 0.882. The number of benzene rings is 1. The van der Waals surface area contributed by atoms with Gasteiger partial charge in [-0.1, -0.05) is 32.9 Å². The third kappa shape index (κ3) is 4.16. The van der Waals surface area contributed by atoms with Crippen molar-refractivity contribution in [1.82, 2.24) is 9.97 Å². The summed E-state index contributed by atoms with van der Waals surface area (Å²) in [7, 11) is 0. The zero-order chi connectivity index (χ0) is 16.3. The highest BCUT2D eigenvalue weighted by Crippen LogP contribution is 2.25. The molecule has 5 nitrogen and oxygen atoms in total. The van der Waals surface area contributed by atoms with Gasteiger partial charge in [-0.2, -0.15) is 0 Å². The first-order valence-electron chi connectivity index (χ1n) is 7.49. The van der Waals surface area contributed by atoms with E-state index < -0.39 is 12.0 Å². The topological polar surface area (TPSA) is 75.1 Å². The first-order chi connectivity index (χ1) is 10.3. The molecule has 0 saturated heterocycles. The van der Waals surface area contributed by atoms with Crippen LogP contribution in [0.2, 0.25) is 0 Å². The van der Waals surface area contributed by atoms with E-state index in [1.807, 2.05) is 31.2 Å². The number of carboxylic acid groups (broad SMARTS) is 1. The van der Waals surface area contributed by atoms with Gasteiger partial charge in [0.05, 0.1) is 5.52 Å². The van der Waals surface area contributed by atoms with Crippen molar-refractivity contribution in [3.63, 3.8) is 0 Å². The largest absolute Gasteiger partial charge is 0.480 e. The lowest BCUT2D eigenvalue weighted by atomic mass is 9.88. The van der Waals surface area contributed by atoms with Crippen LogP contribution >= 0.6 is 0 Å². The summed E-state index contributed by atoms with van der Waals surface area (Å²) in [6.45, 7) is 8.13. The minimum Gasteiger partial charge on any atom is -0.480 e. The lowest BCUT2D eigenvalue weighted by molar-refractivity contribution is -0.138. The molecule has 0 amide bonds. The molecule has 1 aromatic heterocycles. The third-order valence-electron chi connectivity index (χ3n) is 3.51. The van der Waals surface area contributed by atoms with Gasteiger partial charge in [-0.15, -0.1) is 0 Å². The first kappa shape index (κ1) is 16.2. The maximum atomic E-state index is 11.5. The Bertz CT molecular complexity index is 677. The number of fused-ring (bicyclic) bond motifs is 1. The molecule has 1 atom stereocenters. The van der Waals surface area contributed by atoms with Gasteiger partial charge in [0.15, 0.2) is 0 Å². The summed E-state index contributed by atoms with van der Waals surface area (Å²) in [5, 5.41) is 13.4. The first-order valence-corrected chi connectivity index (χ1v) is 7.49. The van der Waals surface area contributed by atoms with Crippen LogP contribution in [0.25, 0.3) is 10.9 Å². The third-order valence-corrected chi connectivity index (χ3v) is 3.51. The molecule has 0 aliphatic heterocycles. The van der Waals surface area contributed by atoms with Gasteiger partial charge >= 0.3 is 5.97 Å². The van der Waals surface area contributed by atoms with Crippen LogP contribution in [-0.2, 0) is 4.79 Å². The number of hydrogen-bond acceptors (Lipinski definition) is 4. The Hall–Kier alpha value is -2.17. The number of aliphatic carboxylic acids is 1. The molecule has 0 saturated carbocycles. The maximum Gasteiger partial charge on any atom is 0.326 e. The van der Waals surface area contributed by atoms with Crippen LogP contribution in [0.1, 0.15) is 39.4 Å². The van der Waals surface area contributed by atoms with E-state index in [1.165, 1.54) is 0 Å². The molecule has 0 spiro atoms. The van der Waals surface area contributed by atoms with Crippen molar-refractivity contribution in [3.8, 4) is 0 Å². The summed E-state index contributed by atoms with van der Waals surface area (Å²) in [4.78, 5) is 20.3. The van der Waals surface area contributed by atoms with Gasteiger partial charge in [0.25, 0.3) is 0 Å². The molecule has 0 bridgehead atoms. The van der Waals surface area contributed by atoms with Crippen molar-refractivity contribution in [2.45, 2.75) is 46.6 Å². The number of nitrogens with one attached hydrogen (secondary N) is 1. The van der Waals surface area contributed by atoms with E-state index in [2.05, 4.69) is 36.1 Å². The van der Waals surface area contributed by atoms with E-state index in [1.54, 1.807) is 0 Å². The second-order valence-corrected chi connectivity index (χ2v) is 6.77. The van der Waals surface area contributed by atoms with E-state index in [4.69, 9.17) is 0 Å². The van der Waals surface area contributed by atoms with Crippen LogP contribution in [0.15, 0.2) is 24.3 Å². The summed E-state index contributed by atoms with van der Waals surface area (Å²) in [6.07, 6.45) is 1.37. The van der Waals surface area contributed by atoms with Gasteiger partial charge < -0.3 is 10.4 Å². The average Bonchev–Trinajstić information content (AvgIpc) is 2.41. The summed E-state index contributed by atoms with van der Waals surface area (Å²) in [6, 6.07) is 6.96. The van der Waals surface area contributed by atoms with Crippen molar-refractivity contribution in [2.24, 2.45) is 5.41 Å². The Kier molecular flexibility index (Phi) is 4.64. The number of hydrogen-bond donors (Lipinski definition) is 2. The van der Waals surface area contributed by atoms with Crippen molar-refractivity contribution in [1.29, 1.82) is 0 Å². The van der Waals surface area contributed by atoms with Gasteiger partial charge in [0.2, 0.25) is 0 Å². The second-order valence-electron chi connectivity index (χ2n) is 6.77. The van der Waals surface area contributed by atoms with Gasteiger partial charge in [0.1, 0.15) is 17.7 Å². The predicted molar refractivity (Wildman–Crippen MR) is 88.0 cm³/mol. The number of carboxylic acids is 1. The fourth-order valence-corrected chi connectivity index (χ4v) is 2.30. The monoisotopic (exact) mass is 301 g/mol. The molecule has 2 rings (SSSR count). The van der Waals surface area contributed by atoms with E-state index in [0.717, 1.165) is 17.3 Å². The molecule has 0 aliphatic carbocycles. The van der Waals surface area contributed by atoms with Crippen molar-refractivity contribution < 1.29 is 9.90 Å². The Balaban J connectivity index is 2.28. The number of nitrogens with zero attached hydrogens (tertiary/aromatic N) is 2. The second kappa shape index (κ2) is 6.30. The zero-order valence-corrected chi connectivity index (χ0v) is 13.6. The zero-order valence-electron chi connectivity index (χ0n) is 13.6. The molecule has 118 valence electrons. The van der Waals surface area contributed by atoms with E-state index in [-0.39, 0.29) is 5.41 Å². The Morgan fingerprint density at radius 2 is 1.95 bits per heavy atom. The van der Waals surface area contributed by atoms with Crippen LogP contribution in [-0.4, -0.2) is 27.1 Å². The van der Waals surface area contributed by atoms with Crippen molar-refractivity contribution >= 4 is 22.7 Å². The highest BCUT2D eigenvalue weighted by Gasteiger charge is 2.22. The lowest BCUT2D eigenvalue weighted by Crippen LogP contribution is -2.31. The Labute approximate surface area is 130 Å².